The maximum absolute atomic E-state index is 9.66. The molecule has 0 atom stereocenters. The SMILES string of the molecule is Cc1ccc2c(c1)c1ccccc1n2-c1ccc(-c2ccc(C#N)cc2)cc1-c1ccc(-n2c3ccccc3c3cc(C)ccc32)c(-c2nc(-c3ccccc3)nc(-c3ccccc3)n2)c1. The number of hydrogen-bond acceptors (Lipinski definition) is 4. The molecule has 0 spiro atoms. The lowest BCUT2D eigenvalue weighted by Gasteiger charge is -2.19. The van der Waals surface area contributed by atoms with Crippen LogP contribution in [0.3, 0.4) is 0 Å². The first-order valence-electron chi connectivity index (χ1n) is 22.2. The van der Waals surface area contributed by atoms with E-state index >= 15 is 0 Å². The number of aromatic nitrogens is 5. The minimum Gasteiger partial charge on any atom is -0.309 e. The lowest BCUT2D eigenvalue weighted by Crippen LogP contribution is -2.04. The van der Waals surface area contributed by atoms with Crippen molar-refractivity contribution >= 4 is 43.6 Å². The van der Waals surface area contributed by atoms with E-state index in [1.54, 1.807) is 0 Å². The molecule has 310 valence electrons. The molecule has 66 heavy (non-hydrogen) atoms. The van der Waals surface area contributed by atoms with Gasteiger partial charge in [0.1, 0.15) is 0 Å². The Labute approximate surface area is 382 Å². The fraction of sp³-hybridized carbons (Fsp3) is 0.0333. The van der Waals surface area contributed by atoms with E-state index in [0.717, 1.165) is 72.4 Å². The van der Waals surface area contributed by atoms with Crippen molar-refractivity contribution < 1.29 is 0 Å². The van der Waals surface area contributed by atoms with Crippen LogP contribution in [-0.2, 0) is 0 Å². The molecule has 0 saturated carbocycles. The number of fused-ring (bicyclic) bond motifs is 6. The van der Waals surface area contributed by atoms with Crippen LogP contribution in [0.5, 0.6) is 0 Å². The Hall–Kier alpha value is -8.92. The Bertz CT molecular complexity index is 3840. The van der Waals surface area contributed by atoms with E-state index in [9.17, 15) is 5.26 Å². The van der Waals surface area contributed by atoms with Crippen molar-refractivity contribution in [2.24, 2.45) is 0 Å². The number of aryl methyl sites for hydroxylation is 2. The normalized spacial score (nSPS) is 11.5. The van der Waals surface area contributed by atoms with E-state index in [-0.39, 0.29) is 0 Å². The molecular formula is C60H40N6. The molecule has 3 heterocycles. The predicted molar refractivity (Wildman–Crippen MR) is 270 cm³/mol. The lowest BCUT2D eigenvalue weighted by molar-refractivity contribution is 1.06. The monoisotopic (exact) mass is 844 g/mol. The van der Waals surface area contributed by atoms with Gasteiger partial charge in [-0.25, -0.2) is 15.0 Å². The zero-order valence-corrected chi connectivity index (χ0v) is 36.3. The molecule has 0 bridgehead atoms. The molecule has 12 aromatic rings. The van der Waals surface area contributed by atoms with Crippen molar-refractivity contribution in [3.63, 3.8) is 0 Å². The van der Waals surface area contributed by atoms with Crippen LogP contribution in [0.4, 0.5) is 0 Å². The van der Waals surface area contributed by atoms with E-state index in [0.29, 0.717) is 23.0 Å². The van der Waals surface area contributed by atoms with E-state index in [1.807, 2.05) is 60.7 Å². The molecule has 0 fully saturated rings. The van der Waals surface area contributed by atoms with Crippen molar-refractivity contribution in [1.82, 2.24) is 24.1 Å². The summed E-state index contributed by atoms with van der Waals surface area (Å²) in [4.78, 5) is 15.8. The van der Waals surface area contributed by atoms with E-state index < -0.39 is 0 Å². The minimum absolute atomic E-state index is 0.565. The van der Waals surface area contributed by atoms with Crippen LogP contribution in [-0.4, -0.2) is 24.1 Å². The van der Waals surface area contributed by atoms with Crippen molar-refractivity contribution in [1.29, 1.82) is 5.26 Å². The molecule has 0 aliphatic carbocycles. The van der Waals surface area contributed by atoms with Crippen molar-refractivity contribution in [2.45, 2.75) is 13.8 Å². The van der Waals surface area contributed by atoms with Gasteiger partial charge in [-0.3, -0.25) is 0 Å². The van der Waals surface area contributed by atoms with Crippen LogP contribution in [0.1, 0.15) is 16.7 Å². The molecule has 9 aromatic carbocycles. The summed E-state index contributed by atoms with van der Waals surface area (Å²) in [6, 6.07) is 74.5. The van der Waals surface area contributed by atoms with Crippen molar-refractivity contribution in [2.75, 3.05) is 0 Å². The number of hydrogen-bond donors (Lipinski definition) is 0. The second-order valence-corrected chi connectivity index (χ2v) is 16.9. The lowest BCUT2D eigenvalue weighted by atomic mass is 9.94. The highest BCUT2D eigenvalue weighted by molar-refractivity contribution is 6.11. The maximum Gasteiger partial charge on any atom is 0.166 e. The van der Waals surface area contributed by atoms with Crippen LogP contribution in [0.15, 0.2) is 206 Å². The van der Waals surface area contributed by atoms with Crippen LogP contribution in [0, 0.1) is 25.2 Å². The zero-order valence-electron chi connectivity index (χ0n) is 36.3. The third kappa shape index (κ3) is 6.53. The molecule has 0 amide bonds. The predicted octanol–water partition coefficient (Wildman–Crippen LogP) is 14.9. The number of para-hydroxylation sites is 2. The van der Waals surface area contributed by atoms with Crippen LogP contribution in [0.25, 0.3) is 111 Å². The van der Waals surface area contributed by atoms with Gasteiger partial charge in [-0.2, -0.15) is 5.26 Å². The molecule has 0 N–H and O–H groups in total. The summed E-state index contributed by atoms with van der Waals surface area (Å²) in [5.41, 5.74) is 16.2. The summed E-state index contributed by atoms with van der Waals surface area (Å²) in [6.45, 7) is 4.30. The summed E-state index contributed by atoms with van der Waals surface area (Å²) in [6.07, 6.45) is 0. The Morgan fingerprint density at radius 3 is 1.33 bits per heavy atom. The van der Waals surface area contributed by atoms with Crippen LogP contribution < -0.4 is 0 Å². The highest BCUT2D eigenvalue weighted by atomic mass is 15.1. The fourth-order valence-corrected chi connectivity index (χ4v) is 9.58. The van der Waals surface area contributed by atoms with Gasteiger partial charge in [0.25, 0.3) is 0 Å². The average Bonchev–Trinajstić information content (AvgIpc) is 3.88. The van der Waals surface area contributed by atoms with Gasteiger partial charge in [-0.1, -0.05) is 145 Å². The molecule has 6 nitrogen and oxygen atoms in total. The molecule has 6 heteroatoms. The van der Waals surface area contributed by atoms with Gasteiger partial charge in [0.15, 0.2) is 17.5 Å². The molecule has 0 saturated heterocycles. The van der Waals surface area contributed by atoms with Gasteiger partial charge in [0.05, 0.1) is 45.1 Å². The largest absolute Gasteiger partial charge is 0.309 e. The summed E-state index contributed by atoms with van der Waals surface area (Å²) >= 11 is 0. The summed E-state index contributed by atoms with van der Waals surface area (Å²) < 4.78 is 4.76. The molecule has 0 aliphatic heterocycles. The van der Waals surface area contributed by atoms with Crippen LogP contribution in [0.2, 0.25) is 0 Å². The van der Waals surface area contributed by atoms with Gasteiger partial charge >= 0.3 is 0 Å². The quantitative estimate of drug-likeness (QED) is 0.160. The summed E-state index contributed by atoms with van der Waals surface area (Å²) in [5.74, 6) is 1.75. The first-order valence-corrected chi connectivity index (χ1v) is 22.2. The topological polar surface area (TPSA) is 72.3 Å². The van der Waals surface area contributed by atoms with E-state index in [2.05, 4.69) is 175 Å². The maximum atomic E-state index is 9.66. The third-order valence-electron chi connectivity index (χ3n) is 12.7. The minimum atomic E-state index is 0.565. The Morgan fingerprint density at radius 1 is 0.348 bits per heavy atom. The van der Waals surface area contributed by atoms with Crippen LogP contribution >= 0.6 is 0 Å². The Morgan fingerprint density at radius 2 is 0.788 bits per heavy atom. The van der Waals surface area contributed by atoms with Gasteiger partial charge in [0.2, 0.25) is 0 Å². The summed E-state index contributed by atoms with van der Waals surface area (Å²) in [7, 11) is 0. The Kier molecular flexibility index (Phi) is 9.22. The molecule has 3 aromatic heterocycles. The number of benzene rings is 9. The number of nitriles is 1. The first kappa shape index (κ1) is 38.7. The highest BCUT2D eigenvalue weighted by Gasteiger charge is 2.23. The van der Waals surface area contributed by atoms with Gasteiger partial charge in [0, 0.05) is 43.8 Å². The van der Waals surface area contributed by atoms with Crippen molar-refractivity contribution in [3.8, 4) is 73.9 Å². The second kappa shape index (κ2) is 15.7. The number of rotatable bonds is 7. The molecule has 12 rings (SSSR count). The highest BCUT2D eigenvalue weighted by Crippen LogP contribution is 2.42. The standard InChI is InChI=1S/C60H40N6/c1-38-21-29-55-49(33-38)46-17-9-11-19-52(46)65(55)54-31-27-44(41-25-23-40(37-61)24-26-41)35-48(54)45-28-32-57(66-53-20-12-10-18-47(53)50-34-39(2)22-30-56(50)66)51(36-45)60-63-58(42-13-5-3-6-14-42)62-59(64-60)43-15-7-4-8-16-43/h3-36H,1-2H3. The molecule has 0 aliphatic rings. The van der Waals surface area contributed by atoms with Gasteiger partial charge < -0.3 is 9.13 Å². The summed E-state index contributed by atoms with van der Waals surface area (Å²) in [5, 5.41) is 14.4. The van der Waals surface area contributed by atoms with Gasteiger partial charge in [-0.15, -0.1) is 0 Å². The van der Waals surface area contributed by atoms with Crippen molar-refractivity contribution in [3.05, 3.63) is 223 Å². The smallest absolute Gasteiger partial charge is 0.166 e. The number of nitrogens with zero attached hydrogens (tertiary/aromatic N) is 6. The molecular weight excluding hydrogens is 805 g/mol. The van der Waals surface area contributed by atoms with Gasteiger partial charge in [-0.05, 0) is 103 Å². The van der Waals surface area contributed by atoms with E-state index in [4.69, 9.17) is 15.0 Å². The second-order valence-electron chi connectivity index (χ2n) is 16.9. The molecule has 0 unspecified atom stereocenters. The molecule has 0 radical (unpaired) electrons. The fourth-order valence-electron chi connectivity index (χ4n) is 9.58. The third-order valence-corrected chi connectivity index (χ3v) is 12.7. The first-order chi connectivity index (χ1) is 32.5. The average molecular weight is 845 g/mol. The Balaban J connectivity index is 1.19. The van der Waals surface area contributed by atoms with E-state index in [1.165, 1.54) is 32.7 Å². The zero-order chi connectivity index (χ0) is 44.3.